The summed E-state index contributed by atoms with van der Waals surface area (Å²) in [6, 6.07) is 0.380. The van der Waals surface area contributed by atoms with Crippen LogP contribution < -0.4 is 5.32 Å². The van der Waals surface area contributed by atoms with Crippen molar-refractivity contribution in [2.24, 2.45) is 0 Å². The Balaban J connectivity index is 1.90. The molecule has 1 aromatic heterocycles. The second kappa shape index (κ2) is 3.48. The van der Waals surface area contributed by atoms with Crippen LogP contribution in [0.5, 0.6) is 0 Å². The van der Waals surface area contributed by atoms with Crippen LogP contribution in [-0.4, -0.2) is 34.0 Å². The Morgan fingerprint density at radius 1 is 1.47 bits per heavy atom. The van der Waals surface area contributed by atoms with Crippen LogP contribution in [0.15, 0.2) is 0 Å². The highest BCUT2D eigenvalue weighted by atomic mass is 16.5. The SMILES string of the molecule is Cc1nc2n(n1)C(C1CCCO1)CCN2. The summed E-state index contributed by atoms with van der Waals surface area (Å²) in [5.41, 5.74) is 0. The molecule has 1 N–H and O–H groups in total. The van der Waals surface area contributed by atoms with Crippen LogP contribution in [0.3, 0.4) is 0 Å². The first-order chi connectivity index (χ1) is 7.34. The van der Waals surface area contributed by atoms with Gasteiger partial charge in [-0.2, -0.15) is 10.1 Å². The van der Waals surface area contributed by atoms with E-state index in [9.17, 15) is 0 Å². The van der Waals surface area contributed by atoms with Crippen molar-refractivity contribution in [2.45, 2.75) is 38.3 Å². The summed E-state index contributed by atoms with van der Waals surface area (Å²) in [6.07, 6.45) is 3.76. The van der Waals surface area contributed by atoms with Crippen LogP contribution in [0.2, 0.25) is 0 Å². The smallest absolute Gasteiger partial charge is 0.221 e. The molecule has 82 valence electrons. The Morgan fingerprint density at radius 3 is 3.20 bits per heavy atom. The molecule has 3 rings (SSSR count). The third kappa shape index (κ3) is 1.51. The molecule has 0 bridgehead atoms. The van der Waals surface area contributed by atoms with E-state index in [1.807, 2.05) is 11.6 Å². The van der Waals surface area contributed by atoms with Crippen molar-refractivity contribution in [3.05, 3.63) is 5.82 Å². The van der Waals surface area contributed by atoms with Crippen LogP contribution >= 0.6 is 0 Å². The largest absolute Gasteiger partial charge is 0.376 e. The van der Waals surface area contributed by atoms with Crippen LogP contribution in [0.4, 0.5) is 5.95 Å². The first-order valence-electron chi connectivity index (χ1n) is 5.63. The molecule has 3 heterocycles. The summed E-state index contributed by atoms with van der Waals surface area (Å²) in [4.78, 5) is 4.36. The molecule has 0 spiro atoms. The minimum absolute atomic E-state index is 0.340. The number of fused-ring (bicyclic) bond motifs is 1. The number of hydrogen-bond acceptors (Lipinski definition) is 4. The monoisotopic (exact) mass is 208 g/mol. The van der Waals surface area contributed by atoms with Crippen LogP contribution in [0, 0.1) is 6.92 Å². The maximum Gasteiger partial charge on any atom is 0.221 e. The summed E-state index contributed by atoms with van der Waals surface area (Å²) < 4.78 is 7.75. The maximum absolute atomic E-state index is 5.74. The Labute approximate surface area is 88.8 Å². The fourth-order valence-electron chi connectivity index (χ4n) is 2.49. The van der Waals surface area contributed by atoms with Crippen molar-refractivity contribution in [3.8, 4) is 0 Å². The molecular weight excluding hydrogens is 192 g/mol. The van der Waals surface area contributed by atoms with Gasteiger partial charge in [-0.1, -0.05) is 0 Å². The van der Waals surface area contributed by atoms with E-state index in [1.54, 1.807) is 0 Å². The fourth-order valence-corrected chi connectivity index (χ4v) is 2.49. The molecule has 2 unspecified atom stereocenters. The lowest BCUT2D eigenvalue weighted by Crippen LogP contribution is -2.32. The summed E-state index contributed by atoms with van der Waals surface area (Å²) in [6.45, 7) is 3.81. The van der Waals surface area contributed by atoms with E-state index >= 15 is 0 Å². The number of aryl methyl sites for hydroxylation is 1. The lowest BCUT2D eigenvalue weighted by Gasteiger charge is -2.28. The van der Waals surface area contributed by atoms with Crippen LogP contribution in [0.1, 0.15) is 31.1 Å². The number of aromatic nitrogens is 3. The first kappa shape index (κ1) is 9.15. The van der Waals surface area contributed by atoms with Gasteiger partial charge < -0.3 is 10.1 Å². The van der Waals surface area contributed by atoms with Gasteiger partial charge in [0.25, 0.3) is 0 Å². The molecule has 1 aromatic rings. The zero-order valence-corrected chi connectivity index (χ0v) is 8.94. The Bertz CT molecular complexity index is 356. The minimum Gasteiger partial charge on any atom is -0.376 e. The molecule has 0 amide bonds. The van der Waals surface area contributed by atoms with Gasteiger partial charge in [0.1, 0.15) is 5.82 Å². The standard InChI is InChI=1S/C10H16N4O/c1-7-12-10-11-5-4-8(14(10)13-7)9-3-2-6-15-9/h8-9H,2-6H2,1H3,(H,11,12,13). The third-order valence-corrected chi connectivity index (χ3v) is 3.17. The highest BCUT2D eigenvalue weighted by Crippen LogP contribution is 2.31. The normalized spacial score (nSPS) is 29.9. The van der Waals surface area contributed by atoms with Gasteiger partial charge in [0, 0.05) is 13.2 Å². The quantitative estimate of drug-likeness (QED) is 0.751. The first-order valence-corrected chi connectivity index (χ1v) is 5.63. The van der Waals surface area contributed by atoms with Gasteiger partial charge in [0.15, 0.2) is 0 Å². The number of anilines is 1. The van der Waals surface area contributed by atoms with Gasteiger partial charge in [-0.25, -0.2) is 4.68 Å². The van der Waals surface area contributed by atoms with E-state index in [0.29, 0.717) is 12.1 Å². The van der Waals surface area contributed by atoms with Gasteiger partial charge in [0.2, 0.25) is 5.95 Å². The molecule has 0 radical (unpaired) electrons. The van der Waals surface area contributed by atoms with E-state index in [0.717, 1.165) is 37.8 Å². The molecule has 2 atom stereocenters. The van der Waals surface area contributed by atoms with E-state index < -0.39 is 0 Å². The number of nitrogens with zero attached hydrogens (tertiary/aromatic N) is 3. The molecule has 1 saturated heterocycles. The Morgan fingerprint density at radius 2 is 2.40 bits per heavy atom. The minimum atomic E-state index is 0.340. The molecule has 1 fully saturated rings. The van der Waals surface area contributed by atoms with Crippen molar-refractivity contribution in [2.75, 3.05) is 18.5 Å². The molecule has 15 heavy (non-hydrogen) atoms. The average molecular weight is 208 g/mol. The molecule has 5 heteroatoms. The highest BCUT2D eigenvalue weighted by Gasteiger charge is 2.32. The molecule has 0 aliphatic carbocycles. The van der Waals surface area contributed by atoms with Crippen molar-refractivity contribution >= 4 is 5.95 Å². The van der Waals surface area contributed by atoms with E-state index in [1.165, 1.54) is 6.42 Å². The second-order valence-electron chi connectivity index (χ2n) is 4.26. The van der Waals surface area contributed by atoms with E-state index in [4.69, 9.17) is 4.74 Å². The predicted octanol–water partition coefficient (Wildman–Crippen LogP) is 1.12. The Hall–Kier alpha value is -1.10. The molecular formula is C10H16N4O. The molecule has 2 aliphatic heterocycles. The highest BCUT2D eigenvalue weighted by molar-refractivity contribution is 5.28. The number of ether oxygens (including phenoxy) is 1. The Kier molecular flexibility index (Phi) is 2.12. The zero-order valence-electron chi connectivity index (χ0n) is 8.94. The topological polar surface area (TPSA) is 52.0 Å². The molecule has 5 nitrogen and oxygen atoms in total. The van der Waals surface area contributed by atoms with Gasteiger partial charge in [-0.3, -0.25) is 0 Å². The van der Waals surface area contributed by atoms with Crippen molar-refractivity contribution < 1.29 is 4.74 Å². The predicted molar refractivity (Wildman–Crippen MR) is 55.9 cm³/mol. The number of rotatable bonds is 1. The lowest BCUT2D eigenvalue weighted by atomic mass is 10.0. The summed E-state index contributed by atoms with van der Waals surface area (Å²) in [7, 11) is 0. The third-order valence-electron chi connectivity index (χ3n) is 3.17. The molecule has 2 aliphatic rings. The van der Waals surface area contributed by atoms with Gasteiger partial charge >= 0.3 is 0 Å². The van der Waals surface area contributed by atoms with Crippen molar-refractivity contribution in [1.82, 2.24) is 14.8 Å². The fraction of sp³-hybridized carbons (Fsp3) is 0.800. The zero-order chi connectivity index (χ0) is 10.3. The average Bonchev–Trinajstić information content (AvgIpc) is 2.82. The summed E-state index contributed by atoms with van der Waals surface area (Å²) in [5, 5.41) is 7.71. The van der Waals surface area contributed by atoms with Gasteiger partial charge in [-0.15, -0.1) is 0 Å². The maximum atomic E-state index is 5.74. The van der Waals surface area contributed by atoms with Gasteiger partial charge in [0.05, 0.1) is 12.1 Å². The van der Waals surface area contributed by atoms with Crippen LogP contribution in [0.25, 0.3) is 0 Å². The van der Waals surface area contributed by atoms with Crippen molar-refractivity contribution in [3.63, 3.8) is 0 Å². The summed E-state index contributed by atoms with van der Waals surface area (Å²) in [5.74, 6) is 1.74. The summed E-state index contributed by atoms with van der Waals surface area (Å²) >= 11 is 0. The van der Waals surface area contributed by atoms with E-state index in [2.05, 4.69) is 15.4 Å². The van der Waals surface area contributed by atoms with E-state index in [-0.39, 0.29) is 0 Å². The van der Waals surface area contributed by atoms with Gasteiger partial charge in [-0.05, 0) is 26.2 Å². The second-order valence-corrected chi connectivity index (χ2v) is 4.26. The van der Waals surface area contributed by atoms with Crippen molar-refractivity contribution in [1.29, 1.82) is 0 Å². The molecule has 0 aromatic carbocycles. The number of nitrogens with one attached hydrogen (secondary N) is 1. The number of hydrogen-bond donors (Lipinski definition) is 1. The molecule has 0 saturated carbocycles. The van der Waals surface area contributed by atoms with Crippen LogP contribution in [-0.2, 0) is 4.74 Å². The lowest BCUT2D eigenvalue weighted by molar-refractivity contribution is 0.0589.